The van der Waals surface area contributed by atoms with Gasteiger partial charge in [0, 0.05) is 32.7 Å². The van der Waals surface area contributed by atoms with Gasteiger partial charge in [-0.3, -0.25) is 14.6 Å². The number of aliphatic imine (C=N–C) groups is 1. The van der Waals surface area contributed by atoms with Gasteiger partial charge in [0.2, 0.25) is 5.91 Å². The van der Waals surface area contributed by atoms with Crippen LogP contribution < -0.4 is 16.4 Å². The molecule has 2 amide bonds. The lowest BCUT2D eigenvalue weighted by molar-refractivity contribution is -0.117. The van der Waals surface area contributed by atoms with Gasteiger partial charge in [-0.25, -0.2) is 4.39 Å². The highest BCUT2D eigenvalue weighted by Crippen LogP contribution is 2.08. The van der Waals surface area contributed by atoms with Gasteiger partial charge in [-0.15, -0.1) is 24.0 Å². The van der Waals surface area contributed by atoms with Crippen molar-refractivity contribution in [3.05, 3.63) is 71.0 Å². The zero-order chi connectivity index (χ0) is 20.5. The van der Waals surface area contributed by atoms with Gasteiger partial charge in [0.05, 0.1) is 6.54 Å². The SMILES string of the molecule is CN=C(NCc1ccc(C(=O)NCC(N)=O)cc1)N(C)Cc1cccc(F)c1.I. The smallest absolute Gasteiger partial charge is 0.251 e. The van der Waals surface area contributed by atoms with Crippen molar-refractivity contribution in [3.8, 4) is 0 Å². The largest absolute Gasteiger partial charge is 0.368 e. The lowest BCUT2D eigenvalue weighted by Gasteiger charge is -2.22. The van der Waals surface area contributed by atoms with Crippen LogP contribution >= 0.6 is 24.0 Å². The Kier molecular flexibility index (Phi) is 10.1. The van der Waals surface area contributed by atoms with Crippen molar-refractivity contribution < 1.29 is 14.0 Å². The molecule has 2 aromatic carbocycles. The van der Waals surface area contributed by atoms with Crippen molar-refractivity contribution in [1.29, 1.82) is 0 Å². The molecular weight excluding hydrogens is 488 g/mol. The van der Waals surface area contributed by atoms with Gasteiger partial charge >= 0.3 is 0 Å². The predicted molar refractivity (Wildman–Crippen MR) is 121 cm³/mol. The van der Waals surface area contributed by atoms with Crippen molar-refractivity contribution in [2.45, 2.75) is 13.1 Å². The van der Waals surface area contributed by atoms with Gasteiger partial charge in [-0.05, 0) is 35.4 Å². The Bertz CT molecular complexity index is 858. The Labute approximate surface area is 186 Å². The summed E-state index contributed by atoms with van der Waals surface area (Å²) in [6, 6.07) is 13.4. The van der Waals surface area contributed by atoms with E-state index in [-0.39, 0.29) is 42.2 Å². The summed E-state index contributed by atoms with van der Waals surface area (Å²) in [6.07, 6.45) is 0. The number of carbonyl (C=O) groups excluding carboxylic acids is 2. The summed E-state index contributed by atoms with van der Waals surface area (Å²) in [4.78, 5) is 28.7. The number of guanidine groups is 1. The Balaban J connectivity index is 0.00000420. The molecule has 0 aliphatic heterocycles. The average Bonchev–Trinajstić information content (AvgIpc) is 2.67. The van der Waals surface area contributed by atoms with Gasteiger partial charge in [-0.1, -0.05) is 24.3 Å². The first-order valence-corrected chi connectivity index (χ1v) is 8.70. The Morgan fingerprint density at radius 3 is 2.38 bits per heavy atom. The maximum absolute atomic E-state index is 13.3. The number of nitrogens with two attached hydrogens (primary N) is 1. The van der Waals surface area contributed by atoms with Crippen molar-refractivity contribution in [3.63, 3.8) is 0 Å². The van der Waals surface area contributed by atoms with Crippen LogP contribution in [0.4, 0.5) is 4.39 Å². The van der Waals surface area contributed by atoms with Crippen LogP contribution in [0.1, 0.15) is 21.5 Å². The van der Waals surface area contributed by atoms with Gasteiger partial charge in [0.25, 0.3) is 5.91 Å². The van der Waals surface area contributed by atoms with E-state index in [1.807, 2.05) is 30.1 Å². The number of halogens is 2. The Morgan fingerprint density at radius 2 is 1.79 bits per heavy atom. The third-order valence-corrected chi connectivity index (χ3v) is 3.97. The molecule has 0 saturated heterocycles. The standard InChI is InChI=1S/C20H24FN5O2.HI/c1-23-20(26(2)13-15-4-3-5-17(21)10-15)25-11-14-6-8-16(9-7-14)19(28)24-12-18(22)27;/h3-10H,11-13H2,1-2H3,(H2,22,27)(H,23,25)(H,24,28);1H. The number of hydrogen-bond donors (Lipinski definition) is 3. The number of hydrogen-bond acceptors (Lipinski definition) is 3. The fourth-order valence-corrected chi connectivity index (χ4v) is 2.59. The van der Waals surface area contributed by atoms with Crippen LogP contribution in [-0.4, -0.2) is 43.3 Å². The summed E-state index contributed by atoms with van der Waals surface area (Å²) in [5.41, 5.74) is 7.25. The topological polar surface area (TPSA) is 99.8 Å². The van der Waals surface area contributed by atoms with E-state index in [1.165, 1.54) is 12.1 Å². The zero-order valence-corrected chi connectivity index (χ0v) is 18.6. The second-order valence-corrected chi connectivity index (χ2v) is 6.23. The van der Waals surface area contributed by atoms with E-state index in [9.17, 15) is 14.0 Å². The normalized spacial score (nSPS) is 10.7. The molecule has 0 saturated carbocycles. The molecule has 0 unspecified atom stereocenters. The summed E-state index contributed by atoms with van der Waals surface area (Å²) in [6.45, 7) is 0.815. The minimum absolute atomic E-state index is 0. The molecule has 2 aromatic rings. The molecular formula is C20H25FIN5O2. The fourth-order valence-electron chi connectivity index (χ4n) is 2.59. The van der Waals surface area contributed by atoms with E-state index in [0.29, 0.717) is 24.6 Å². The molecule has 0 aliphatic carbocycles. The fraction of sp³-hybridized carbons (Fsp3) is 0.250. The number of amides is 2. The summed E-state index contributed by atoms with van der Waals surface area (Å²) < 4.78 is 13.3. The quantitative estimate of drug-likeness (QED) is 0.299. The lowest BCUT2D eigenvalue weighted by Crippen LogP contribution is -2.38. The van der Waals surface area contributed by atoms with Gasteiger partial charge in [-0.2, -0.15) is 0 Å². The second-order valence-electron chi connectivity index (χ2n) is 6.23. The van der Waals surface area contributed by atoms with Gasteiger partial charge < -0.3 is 21.3 Å². The van der Waals surface area contributed by atoms with Crippen molar-refractivity contribution in [2.24, 2.45) is 10.7 Å². The van der Waals surface area contributed by atoms with Crippen LogP contribution in [0.5, 0.6) is 0 Å². The second kappa shape index (κ2) is 12.0. The van der Waals surface area contributed by atoms with Crippen LogP contribution in [-0.2, 0) is 17.9 Å². The molecule has 0 heterocycles. The summed E-state index contributed by atoms with van der Waals surface area (Å²) >= 11 is 0. The van der Waals surface area contributed by atoms with Crippen molar-refractivity contribution >= 4 is 41.8 Å². The first-order chi connectivity index (χ1) is 13.4. The van der Waals surface area contributed by atoms with Crippen LogP contribution in [0.2, 0.25) is 0 Å². The molecule has 0 fully saturated rings. The molecule has 4 N–H and O–H groups in total. The number of nitrogens with zero attached hydrogens (tertiary/aromatic N) is 2. The molecule has 0 aliphatic rings. The number of carbonyl (C=O) groups is 2. The van der Waals surface area contributed by atoms with E-state index in [2.05, 4.69) is 15.6 Å². The molecule has 156 valence electrons. The number of nitrogens with one attached hydrogen (secondary N) is 2. The average molecular weight is 513 g/mol. The molecule has 0 atom stereocenters. The van der Waals surface area contributed by atoms with Crippen molar-refractivity contribution in [2.75, 3.05) is 20.6 Å². The Hall–Kier alpha value is -2.69. The Morgan fingerprint density at radius 1 is 1.10 bits per heavy atom. The first-order valence-electron chi connectivity index (χ1n) is 8.70. The predicted octanol–water partition coefficient (Wildman–Crippen LogP) is 1.87. The minimum Gasteiger partial charge on any atom is -0.368 e. The maximum Gasteiger partial charge on any atom is 0.251 e. The van der Waals surface area contributed by atoms with Crippen LogP contribution in [0.3, 0.4) is 0 Å². The van der Waals surface area contributed by atoms with Gasteiger partial charge in [0.1, 0.15) is 5.82 Å². The lowest BCUT2D eigenvalue weighted by atomic mass is 10.1. The summed E-state index contributed by atoms with van der Waals surface area (Å²) in [7, 11) is 3.54. The molecule has 0 radical (unpaired) electrons. The van der Waals surface area contributed by atoms with E-state index >= 15 is 0 Å². The third kappa shape index (κ3) is 8.06. The summed E-state index contributed by atoms with van der Waals surface area (Å²) in [5.74, 6) is -0.562. The molecule has 2 rings (SSSR count). The minimum atomic E-state index is -0.595. The molecule has 0 spiro atoms. The molecule has 29 heavy (non-hydrogen) atoms. The highest BCUT2D eigenvalue weighted by Gasteiger charge is 2.09. The van der Waals surface area contributed by atoms with Crippen LogP contribution in [0, 0.1) is 5.82 Å². The molecule has 0 bridgehead atoms. The molecule has 0 aromatic heterocycles. The number of rotatable bonds is 7. The molecule has 9 heteroatoms. The van der Waals surface area contributed by atoms with E-state index in [0.717, 1.165) is 11.1 Å². The van der Waals surface area contributed by atoms with Crippen LogP contribution in [0.15, 0.2) is 53.5 Å². The van der Waals surface area contributed by atoms with E-state index < -0.39 is 5.91 Å². The number of benzene rings is 2. The monoisotopic (exact) mass is 513 g/mol. The first kappa shape index (κ1) is 24.3. The zero-order valence-electron chi connectivity index (χ0n) is 16.3. The van der Waals surface area contributed by atoms with Gasteiger partial charge in [0.15, 0.2) is 5.96 Å². The van der Waals surface area contributed by atoms with E-state index in [1.54, 1.807) is 25.2 Å². The highest BCUT2D eigenvalue weighted by atomic mass is 127. The number of primary amides is 1. The van der Waals surface area contributed by atoms with Crippen molar-refractivity contribution in [1.82, 2.24) is 15.5 Å². The van der Waals surface area contributed by atoms with Crippen LogP contribution in [0.25, 0.3) is 0 Å². The highest BCUT2D eigenvalue weighted by molar-refractivity contribution is 14.0. The summed E-state index contributed by atoms with van der Waals surface area (Å²) in [5, 5.41) is 5.67. The third-order valence-electron chi connectivity index (χ3n) is 3.97. The maximum atomic E-state index is 13.3. The van der Waals surface area contributed by atoms with E-state index in [4.69, 9.17) is 5.73 Å². The molecule has 7 nitrogen and oxygen atoms in total.